The number of hydrogen-bond donors (Lipinski definition) is 1. The summed E-state index contributed by atoms with van der Waals surface area (Å²) in [4.78, 5) is 0. The molecule has 1 unspecified atom stereocenters. The molecule has 0 bridgehead atoms. The van der Waals surface area contributed by atoms with Gasteiger partial charge in [0, 0.05) is 6.61 Å². The molecule has 21 heavy (non-hydrogen) atoms. The van der Waals surface area contributed by atoms with Crippen molar-refractivity contribution < 1.29 is 12.8 Å². The summed E-state index contributed by atoms with van der Waals surface area (Å²) in [5, 5.41) is 4.70. The third-order valence-electron chi connectivity index (χ3n) is 4.29. The van der Waals surface area contributed by atoms with E-state index in [0.717, 1.165) is 23.7 Å². The molecule has 0 aliphatic heterocycles. The molecule has 0 aromatic heterocycles. The smallest absolute Gasteiger partial charge is 0.216 e. The Kier molecular flexibility index (Phi) is 7.06. The first-order valence-electron chi connectivity index (χ1n) is 7.59. The van der Waals surface area contributed by atoms with Crippen LogP contribution in [0.3, 0.4) is 0 Å². The van der Waals surface area contributed by atoms with E-state index in [1.807, 2.05) is 18.2 Å². The Morgan fingerprint density at radius 3 is 2.05 bits per heavy atom. The van der Waals surface area contributed by atoms with Crippen LogP contribution >= 0.6 is 0 Å². The van der Waals surface area contributed by atoms with E-state index < -0.39 is 23.6 Å². The van der Waals surface area contributed by atoms with Crippen LogP contribution < -0.4 is 5.14 Å². The summed E-state index contributed by atoms with van der Waals surface area (Å²) in [6.07, 6.45) is 0.414. The van der Waals surface area contributed by atoms with E-state index >= 15 is 0 Å². The monoisotopic (exact) mass is 329 g/mol. The maximum atomic E-state index is 11.8. The van der Waals surface area contributed by atoms with Crippen molar-refractivity contribution in [3.8, 4) is 0 Å². The van der Waals surface area contributed by atoms with Gasteiger partial charge in [0.2, 0.25) is 10.0 Å². The molecule has 0 amide bonds. The predicted octanol–water partition coefficient (Wildman–Crippen LogP) is 3.43. The van der Waals surface area contributed by atoms with Gasteiger partial charge in [-0.05, 0) is 30.1 Å². The van der Waals surface area contributed by atoms with Gasteiger partial charge in [-0.1, -0.05) is 51.1 Å². The fourth-order valence-electron chi connectivity index (χ4n) is 2.63. The standard InChI is InChI=1S/C15H27NO3SSi/c1-4-21(5-2,6-3)19-13-12-15(20(16,17)18)14-10-8-7-9-11-14/h7-11,15H,4-6,12-13H2,1-3H3,(H2,16,17,18). The van der Waals surface area contributed by atoms with E-state index in [2.05, 4.69) is 20.8 Å². The van der Waals surface area contributed by atoms with Crippen LogP contribution in [0, 0.1) is 0 Å². The molecule has 6 heteroatoms. The number of hydrogen-bond acceptors (Lipinski definition) is 3. The van der Waals surface area contributed by atoms with Gasteiger partial charge in [0.05, 0.1) is 0 Å². The summed E-state index contributed by atoms with van der Waals surface area (Å²) < 4.78 is 29.8. The lowest BCUT2D eigenvalue weighted by atomic mass is 10.1. The first-order chi connectivity index (χ1) is 9.88. The van der Waals surface area contributed by atoms with Crippen molar-refractivity contribution in [2.75, 3.05) is 6.61 Å². The molecule has 1 rings (SSSR count). The normalized spacial score (nSPS) is 14.1. The lowest BCUT2D eigenvalue weighted by Gasteiger charge is -2.28. The predicted molar refractivity (Wildman–Crippen MR) is 90.1 cm³/mol. The van der Waals surface area contributed by atoms with Crippen molar-refractivity contribution in [3.05, 3.63) is 35.9 Å². The molecule has 0 heterocycles. The number of rotatable bonds is 9. The highest BCUT2D eigenvalue weighted by atomic mass is 32.2. The Morgan fingerprint density at radius 2 is 1.62 bits per heavy atom. The highest BCUT2D eigenvalue weighted by Crippen LogP contribution is 2.27. The first-order valence-corrected chi connectivity index (χ1v) is 11.7. The number of nitrogens with two attached hydrogens (primary N) is 1. The molecule has 0 aliphatic rings. The van der Waals surface area contributed by atoms with Gasteiger partial charge in [-0.3, -0.25) is 0 Å². The molecule has 0 saturated carbocycles. The Labute approximate surface area is 129 Å². The zero-order valence-corrected chi connectivity index (χ0v) is 15.0. The maximum Gasteiger partial charge on any atom is 0.216 e. The van der Waals surface area contributed by atoms with Crippen molar-refractivity contribution in [3.63, 3.8) is 0 Å². The average Bonchev–Trinajstić information content (AvgIpc) is 2.48. The van der Waals surface area contributed by atoms with Gasteiger partial charge >= 0.3 is 0 Å². The summed E-state index contributed by atoms with van der Waals surface area (Å²) in [6, 6.07) is 12.3. The second-order valence-corrected chi connectivity index (χ2v) is 11.9. The largest absolute Gasteiger partial charge is 0.417 e. The topological polar surface area (TPSA) is 69.4 Å². The van der Waals surface area contributed by atoms with Gasteiger partial charge in [-0.2, -0.15) is 0 Å². The van der Waals surface area contributed by atoms with Crippen LogP contribution in [0.5, 0.6) is 0 Å². The molecule has 0 fully saturated rings. The van der Waals surface area contributed by atoms with E-state index in [-0.39, 0.29) is 0 Å². The van der Waals surface area contributed by atoms with Crippen molar-refractivity contribution >= 4 is 18.3 Å². The van der Waals surface area contributed by atoms with Crippen LogP contribution in [0.25, 0.3) is 0 Å². The Balaban J connectivity index is 2.77. The van der Waals surface area contributed by atoms with Gasteiger partial charge in [-0.25, -0.2) is 13.6 Å². The van der Waals surface area contributed by atoms with E-state index in [9.17, 15) is 8.42 Å². The minimum Gasteiger partial charge on any atom is -0.417 e. The first kappa shape index (κ1) is 18.4. The minimum absolute atomic E-state index is 0.414. The molecule has 1 aromatic carbocycles. The van der Waals surface area contributed by atoms with Crippen molar-refractivity contribution in [1.82, 2.24) is 0 Å². The third kappa shape index (κ3) is 5.21. The van der Waals surface area contributed by atoms with Crippen LogP contribution in [-0.2, 0) is 14.4 Å². The second kappa shape index (κ2) is 8.08. The molecule has 120 valence electrons. The van der Waals surface area contributed by atoms with Gasteiger partial charge in [0.1, 0.15) is 5.25 Å². The fraction of sp³-hybridized carbons (Fsp3) is 0.600. The summed E-state index contributed by atoms with van der Waals surface area (Å²) in [7, 11) is -5.30. The summed E-state index contributed by atoms with van der Waals surface area (Å²) in [5.41, 5.74) is 0.736. The van der Waals surface area contributed by atoms with Crippen LogP contribution in [0.15, 0.2) is 30.3 Å². The molecule has 0 aliphatic carbocycles. The van der Waals surface area contributed by atoms with Gasteiger partial charge in [0.15, 0.2) is 8.32 Å². The zero-order chi connectivity index (χ0) is 15.9. The molecular weight excluding hydrogens is 302 g/mol. The molecule has 1 aromatic rings. The summed E-state index contributed by atoms with van der Waals surface area (Å²) in [6.45, 7) is 6.94. The highest BCUT2D eigenvalue weighted by molar-refractivity contribution is 7.89. The lowest BCUT2D eigenvalue weighted by molar-refractivity contribution is 0.290. The number of sulfonamides is 1. The van der Waals surface area contributed by atoms with E-state index in [0.29, 0.717) is 13.0 Å². The highest BCUT2D eigenvalue weighted by Gasteiger charge is 2.30. The van der Waals surface area contributed by atoms with Crippen LogP contribution in [-0.4, -0.2) is 23.3 Å². The molecule has 2 N–H and O–H groups in total. The second-order valence-electron chi connectivity index (χ2n) is 5.37. The maximum absolute atomic E-state index is 11.8. The minimum atomic E-state index is -3.62. The van der Waals surface area contributed by atoms with Crippen molar-refractivity contribution in [2.45, 2.75) is 50.6 Å². The lowest BCUT2D eigenvalue weighted by Crippen LogP contribution is -2.36. The zero-order valence-electron chi connectivity index (χ0n) is 13.2. The SMILES string of the molecule is CC[Si](CC)(CC)OCCC(c1ccccc1)S(N)(=O)=O. The van der Waals surface area contributed by atoms with E-state index in [4.69, 9.17) is 9.56 Å². The molecule has 1 atom stereocenters. The fourth-order valence-corrected chi connectivity index (χ4v) is 6.25. The van der Waals surface area contributed by atoms with Crippen molar-refractivity contribution in [2.24, 2.45) is 5.14 Å². The van der Waals surface area contributed by atoms with Gasteiger partial charge < -0.3 is 4.43 Å². The number of benzene rings is 1. The average molecular weight is 330 g/mol. The van der Waals surface area contributed by atoms with Gasteiger partial charge in [0.25, 0.3) is 0 Å². The molecule has 4 nitrogen and oxygen atoms in total. The third-order valence-corrected chi connectivity index (χ3v) is 10.3. The quantitative estimate of drug-likeness (QED) is 0.706. The van der Waals surface area contributed by atoms with Crippen LogP contribution in [0.2, 0.25) is 18.1 Å². The summed E-state index contributed by atoms with van der Waals surface area (Å²) in [5.74, 6) is 0. The molecule has 0 spiro atoms. The Bertz CT molecular complexity index is 507. The molecule has 0 radical (unpaired) electrons. The van der Waals surface area contributed by atoms with Crippen molar-refractivity contribution in [1.29, 1.82) is 0 Å². The molecular formula is C15H27NO3SSi. The van der Waals surface area contributed by atoms with E-state index in [1.54, 1.807) is 12.1 Å². The van der Waals surface area contributed by atoms with Crippen LogP contribution in [0.1, 0.15) is 38.0 Å². The molecule has 0 saturated heterocycles. The Hall–Kier alpha value is -0.693. The van der Waals surface area contributed by atoms with Gasteiger partial charge in [-0.15, -0.1) is 0 Å². The van der Waals surface area contributed by atoms with Crippen LogP contribution in [0.4, 0.5) is 0 Å². The number of primary sulfonamides is 1. The Morgan fingerprint density at radius 1 is 1.10 bits per heavy atom. The summed E-state index contributed by atoms with van der Waals surface area (Å²) >= 11 is 0. The van der Waals surface area contributed by atoms with E-state index in [1.165, 1.54) is 0 Å².